The van der Waals surface area contributed by atoms with E-state index in [1.165, 1.54) is 13.8 Å². The summed E-state index contributed by atoms with van der Waals surface area (Å²) in [6.07, 6.45) is 1.54. The molecule has 1 aromatic rings. The lowest BCUT2D eigenvalue weighted by Crippen LogP contribution is -2.74. The van der Waals surface area contributed by atoms with Crippen molar-refractivity contribution in [3.63, 3.8) is 0 Å². The number of aliphatic hydroxyl groups is 1. The molecule has 0 amide bonds. The molecule has 1 N–H and O–H groups in total. The Morgan fingerprint density at radius 3 is 2.70 bits per heavy atom. The second-order valence-electron chi connectivity index (χ2n) is 11.8. The Morgan fingerprint density at radius 1 is 1.23 bits per heavy atom. The normalized spacial score (nSPS) is 27.9. The fourth-order valence-electron chi connectivity index (χ4n) is 7.12. The molecule has 11 heteroatoms. The Bertz CT molecular complexity index is 1340. The molecule has 2 heterocycles. The maximum Gasteiger partial charge on any atom is 0.352 e. The molecule has 43 heavy (non-hydrogen) atoms. The third-order valence-electron chi connectivity index (χ3n) is 9.18. The van der Waals surface area contributed by atoms with Crippen LogP contribution in [-0.2, 0) is 45.2 Å². The number of nitrogens with zero attached hydrogens (tertiary/aromatic N) is 1. The first-order valence-electron chi connectivity index (χ1n) is 14.9. The average molecular weight is 600 g/mol. The van der Waals surface area contributed by atoms with Gasteiger partial charge in [-0.05, 0) is 57.5 Å². The lowest BCUT2D eigenvalue weighted by Gasteiger charge is -2.61. The third kappa shape index (κ3) is 5.16. The maximum atomic E-state index is 13.3. The van der Waals surface area contributed by atoms with Crippen molar-refractivity contribution in [3.05, 3.63) is 47.4 Å². The Balaban J connectivity index is 1.32. The van der Waals surface area contributed by atoms with E-state index in [0.29, 0.717) is 36.5 Å². The van der Waals surface area contributed by atoms with Gasteiger partial charge in [0, 0.05) is 24.9 Å². The van der Waals surface area contributed by atoms with Crippen molar-refractivity contribution in [3.8, 4) is 11.5 Å². The Labute approximate surface area is 251 Å². The first kappa shape index (κ1) is 30.9. The molecule has 5 rings (SSSR count). The van der Waals surface area contributed by atoms with Gasteiger partial charge >= 0.3 is 17.9 Å². The van der Waals surface area contributed by atoms with Crippen LogP contribution in [0.1, 0.15) is 64.0 Å². The quantitative estimate of drug-likeness (QED) is 0.165. The van der Waals surface area contributed by atoms with Gasteiger partial charge in [0.15, 0.2) is 23.7 Å². The average Bonchev–Trinajstić information content (AvgIpc) is 3.31. The van der Waals surface area contributed by atoms with Crippen LogP contribution in [0.25, 0.3) is 0 Å². The molecule has 2 aliphatic heterocycles. The largest absolute Gasteiger partial charge is 0.493 e. The fraction of sp³-hybridized carbons (Fsp3) is 0.594. The van der Waals surface area contributed by atoms with Crippen molar-refractivity contribution in [2.45, 2.75) is 94.7 Å². The molecule has 0 radical (unpaired) electrons. The first-order chi connectivity index (χ1) is 20.5. The lowest BCUT2D eigenvalue weighted by atomic mass is 9.50. The highest BCUT2D eigenvalue weighted by molar-refractivity contribution is 5.79. The summed E-state index contributed by atoms with van der Waals surface area (Å²) in [6, 6.07) is 3.78. The van der Waals surface area contributed by atoms with Gasteiger partial charge in [-0.1, -0.05) is 26.0 Å². The van der Waals surface area contributed by atoms with Gasteiger partial charge in [-0.15, -0.1) is 0 Å². The highest BCUT2D eigenvalue weighted by Gasteiger charge is 2.72. The number of unbranched alkanes of at least 4 members (excludes halogenated alkanes) is 1. The van der Waals surface area contributed by atoms with Gasteiger partial charge in [0.25, 0.3) is 0 Å². The zero-order chi connectivity index (χ0) is 31.1. The summed E-state index contributed by atoms with van der Waals surface area (Å²) in [5.41, 5.74) is 0.0923. The second-order valence-corrected chi connectivity index (χ2v) is 11.8. The monoisotopic (exact) mass is 599 g/mol. The van der Waals surface area contributed by atoms with E-state index in [0.717, 1.165) is 24.1 Å². The summed E-state index contributed by atoms with van der Waals surface area (Å²) < 4.78 is 34.1. The van der Waals surface area contributed by atoms with E-state index in [-0.39, 0.29) is 31.2 Å². The zero-order valence-electron chi connectivity index (χ0n) is 25.5. The van der Waals surface area contributed by atoms with Crippen LogP contribution in [-0.4, -0.2) is 85.2 Å². The number of methoxy groups -OCH3 is 1. The molecule has 11 nitrogen and oxygen atoms in total. The standard InChI is InChI=1S/C32H41NO10/c1-7-8-15-39-30(36)24(41-20(4)34)16-18(2)40-19(3)29(35)42-23-11-12-32(37)25-17-21-9-10-22(38-6)27-26(21)31(32,28(23)43-27)13-14-33(25)5/h9-11,19,24-25,28,37H,2,7-8,12-17H2,1,3-6H3/t19-,24-,25+,28-,31-,32+/m0/s1. The maximum absolute atomic E-state index is 13.3. The molecular formula is C32H41NO10. The molecule has 234 valence electrons. The van der Waals surface area contributed by atoms with Crippen molar-refractivity contribution < 1.29 is 47.9 Å². The number of hydrogen-bond acceptors (Lipinski definition) is 11. The van der Waals surface area contributed by atoms with Crippen LogP contribution in [0.15, 0.2) is 36.3 Å². The Kier molecular flexibility index (Phi) is 8.50. The number of rotatable bonds is 12. The molecule has 0 unspecified atom stereocenters. The van der Waals surface area contributed by atoms with Gasteiger partial charge in [0.05, 0.1) is 36.9 Å². The number of carbonyl (C=O) groups is 3. The molecule has 1 saturated heterocycles. The van der Waals surface area contributed by atoms with Crippen LogP contribution < -0.4 is 9.47 Å². The van der Waals surface area contributed by atoms with Crippen LogP contribution in [0.4, 0.5) is 0 Å². The van der Waals surface area contributed by atoms with Crippen LogP contribution >= 0.6 is 0 Å². The summed E-state index contributed by atoms with van der Waals surface area (Å²) in [5, 5.41) is 12.3. The minimum Gasteiger partial charge on any atom is -0.493 e. The predicted octanol–water partition coefficient (Wildman–Crippen LogP) is 3.10. The molecule has 2 aliphatic carbocycles. The number of likely N-dealkylation sites (tertiary alicyclic amines) is 1. The predicted molar refractivity (Wildman–Crippen MR) is 153 cm³/mol. The summed E-state index contributed by atoms with van der Waals surface area (Å²) in [7, 11) is 3.60. The van der Waals surface area contributed by atoms with Gasteiger partial charge in [0.2, 0.25) is 6.10 Å². The minimum atomic E-state index is -1.25. The Hall–Kier alpha value is -3.57. The van der Waals surface area contributed by atoms with Crippen LogP contribution in [0.3, 0.4) is 0 Å². The molecule has 1 spiro atoms. The van der Waals surface area contributed by atoms with Crippen molar-refractivity contribution in [2.24, 2.45) is 0 Å². The van der Waals surface area contributed by atoms with E-state index >= 15 is 0 Å². The van der Waals surface area contributed by atoms with Crippen LogP contribution in [0.5, 0.6) is 11.5 Å². The van der Waals surface area contributed by atoms with E-state index in [9.17, 15) is 19.5 Å². The van der Waals surface area contributed by atoms with E-state index < -0.39 is 47.2 Å². The molecule has 4 aliphatic rings. The van der Waals surface area contributed by atoms with E-state index in [1.54, 1.807) is 13.2 Å². The summed E-state index contributed by atoms with van der Waals surface area (Å²) in [4.78, 5) is 39.5. The summed E-state index contributed by atoms with van der Waals surface area (Å²) in [6.45, 7) is 9.41. The third-order valence-corrected chi connectivity index (χ3v) is 9.18. The molecule has 2 bridgehead atoms. The molecule has 0 saturated carbocycles. The number of benzene rings is 1. The van der Waals surface area contributed by atoms with Crippen molar-refractivity contribution in [1.29, 1.82) is 0 Å². The van der Waals surface area contributed by atoms with Gasteiger partial charge in [-0.2, -0.15) is 0 Å². The van der Waals surface area contributed by atoms with Crippen molar-refractivity contribution >= 4 is 17.9 Å². The second kappa shape index (κ2) is 11.8. The van der Waals surface area contributed by atoms with Crippen molar-refractivity contribution in [2.75, 3.05) is 27.3 Å². The van der Waals surface area contributed by atoms with E-state index in [1.807, 2.05) is 26.1 Å². The molecule has 1 aromatic carbocycles. The Morgan fingerprint density at radius 2 is 2.00 bits per heavy atom. The first-order valence-corrected chi connectivity index (χ1v) is 14.9. The van der Waals surface area contributed by atoms with Crippen LogP contribution in [0, 0.1) is 0 Å². The fourth-order valence-corrected chi connectivity index (χ4v) is 7.12. The van der Waals surface area contributed by atoms with Gasteiger partial charge < -0.3 is 38.4 Å². The minimum absolute atomic E-state index is 0.0538. The van der Waals surface area contributed by atoms with E-state index in [2.05, 4.69) is 11.5 Å². The van der Waals surface area contributed by atoms with Crippen LogP contribution in [0.2, 0.25) is 0 Å². The zero-order valence-corrected chi connectivity index (χ0v) is 25.5. The molecular weight excluding hydrogens is 558 g/mol. The SMILES string of the molecule is C=C(C[C@H](OC(C)=O)C(=O)OCCCC)O[C@@H](C)C(=O)OC1=CC[C@@]2(O)[C@H]3Cc4ccc(OC)c5c4[C@@]2(CCN3C)[C@H]1O5. The number of esters is 3. The summed E-state index contributed by atoms with van der Waals surface area (Å²) in [5.74, 6) is -0.556. The van der Waals surface area contributed by atoms with E-state index in [4.69, 9.17) is 28.4 Å². The number of likely N-dealkylation sites (N-methyl/N-ethyl adjacent to an activating group) is 1. The van der Waals surface area contributed by atoms with Gasteiger partial charge in [-0.25, -0.2) is 9.59 Å². The van der Waals surface area contributed by atoms with Crippen molar-refractivity contribution in [1.82, 2.24) is 4.90 Å². The molecule has 1 fully saturated rings. The number of piperidine rings is 1. The number of ether oxygens (including phenoxy) is 6. The lowest BCUT2D eigenvalue weighted by molar-refractivity contribution is -0.172. The van der Waals surface area contributed by atoms with Gasteiger partial charge in [0.1, 0.15) is 5.76 Å². The highest BCUT2D eigenvalue weighted by Crippen LogP contribution is 2.65. The molecule has 6 atom stereocenters. The highest BCUT2D eigenvalue weighted by atomic mass is 16.6. The summed E-state index contributed by atoms with van der Waals surface area (Å²) >= 11 is 0. The smallest absolute Gasteiger partial charge is 0.352 e. The van der Waals surface area contributed by atoms with Gasteiger partial charge in [-0.3, -0.25) is 4.79 Å². The number of hydrogen-bond donors (Lipinski definition) is 1. The molecule has 0 aromatic heterocycles. The topological polar surface area (TPSA) is 130 Å². The number of carbonyl (C=O) groups excluding carboxylic acids is 3.